The molecule has 20 heavy (non-hydrogen) atoms. The lowest BCUT2D eigenvalue weighted by Gasteiger charge is -2.25. The van der Waals surface area contributed by atoms with E-state index < -0.39 is 0 Å². The average Bonchev–Trinajstić information content (AvgIpc) is 2.64. The first kappa shape index (κ1) is 15.3. The molecule has 1 N–H and O–H groups in total. The molecule has 0 aromatic carbocycles. The fourth-order valence-electron chi connectivity index (χ4n) is 2.63. The predicted molar refractivity (Wildman–Crippen MR) is 85.1 cm³/mol. The zero-order valence-corrected chi connectivity index (χ0v) is 13.1. The second kappa shape index (κ2) is 7.60. The number of aromatic nitrogens is 1. The maximum Gasteiger partial charge on any atom is 0.0598 e. The minimum atomic E-state index is 0.687. The van der Waals surface area contributed by atoms with Crippen LogP contribution in [-0.2, 0) is 6.54 Å². The van der Waals surface area contributed by atoms with Gasteiger partial charge in [-0.15, -0.1) is 0 Å². The fourth-order valence-corrected chi connectivity index (χ4v) is 2.63. The van der Waals surface area contributed by atoms with Crippen LogP contribution < -0.4 is 10.2 Å². The molecule has 112 valence electrons. The molecule has 1 fully saturated rings. The first-order chi connectivity index (χ1) is 9.66. The van der Waals surface area contributed by atoms with Crippen LogP contribution in [0.4, 0.5) is 5.69 Å². The molecule has 1 aliphatic heterocycles. The number of pyridine rings is 1. The van der Waals surface area contributed by atoms with Gasteiger partial charge in [0.15, 0.2) is 0 Å². The lowest BCUT2D eigenvalue weighted by molar-refractivity contribution is 0.360. The maximum atomic E-state index is 4.33. The van der Waals surface area contributed by atoms with E-state index in [-0.39, 0.29) is 0 Å². The van der Waals surface area contributed by atoms with Gasteiger partial charge in [-0.1, -0.05) is 13.8 Å². The smallest absolute Gasteiger partial charge is 0.0598 e. The molecule has 0 spiro atoms. The third-order valence-electron chi connectivity index (χ3n) is 3.82. The van der Waals surface area contributed by atoms with Crippen LogP contribution in [0, 0.1) is 5.92 Å². The Bertz CT molecular complexity index is 405. The van der Waals surface area contributed by atoms with Crippen LogP contribution in [0.2, 0.25) is 0 Å². The van der Waals surface area contributed by atoms with Crippen molar-refractivity contribution in [3.05, 3.63) is 24.0 Å². The van der Waals surface area contributed by atoms with Crippen molar-refractivity contribution in [2.45, 2.75) is 26.8 Å². The van der Waals surface area contributed by atoms with E-state index in [1.807, 2.05) is 12.4 Å². The van der Waals surface area contributed by atoms with Gasteiger partial charge in [0.25, 0.3) is 0 Å². The normalized spacial score (nSPS) is 17.5. The van der Waals surface area contributed by atoms with Crippen molar-refractivity contribution in [1.29, 1.82) is 0 Å². The highest BCUT2D eigenvalue weighted by atomic mass is 15.2. The summed E-state index contributed by atoms with van der Waals surface area (Å²) in [5.41, 5.74) is 2.67. The van der Waals surface area contributed by atoms with Crippen LogP contribution in [0.3, 0.4) is 0 Å². The van der Waals surface area contributed by atoms with E-state index >= 15 is 0 Å². The molecule has 0 amide bonds. The minimum Gasteiger partial charge on any atom is -0.369 e. The van der Waals surface area contributed by atoms with Crippen LogP contribution in [0.5, 0.6) is 0 Å². The van der Waals surface area contributed by atoms with Gasteiger partial charge in [0.05, 0.1) is 11.9 Å². The van der Waals surface area contributed by atoms with Crippen LogP contribution >= 0.6 is 0 Å². The molecular weight excluding hydrogens is 248 g/mol. The summed E-state index contributed by atoms with van der Waals surface area (Å²) in [5.74, 6) is 0.687. The second-order valence-corrected chi connectivity index (χ2v) is 6.17. The Labute approximate surface area is 123 Å². The Balaban J connectivity index is 2.02. The van der Waals surface area contributed by atoms with E-state index in [2.05, 4.69) is 47.1 Å². The number of rotatable bonds is 5. The molecule has 2 heterocycles. The average molecular weight is 276 g/mol. The van der Waals surface area contributed by atoms with Gasteiger partial charge in [-0.25, -0.2) is 0 Å². The summed E-state index contributed by atoms with van der Waals surface area (Å²) >= 11 is 0. The molecule has 0 unspecified atom stereocenters. The highest BCUT2D eigenvalue weighted by Gasteiger charge is 2.15. The Morgan fingerprint density at radius 3 is 2.90 bits per heavy atom. The van der Waals surface area contributed by atoms with E-state index in [0.717, 1.165) is 32.7 Å². The molecule has 1 aliphatic rings. The number of hydrogen-bond donors (Lipinski definition) is 1. The van der Waals surface area contributed by atoms with Crippen molar-refractivity contribution in [3.8, 4) is 0 Å². The summed E-state index contributed by atoms with van der Waals surface area (Å²) in [6, 6.07) is 2.15. The SMILES string of the molecule is CC(C)CNCc1ccncc1N1CCCN(C)CC1. The van der Waals surface area contributed by atoms with Crippen LogP contribution in [0.25, 0.3) is 0 Å². The van der Waals surface area contributed by atoms with Crippen LogP contribution in [0.1, 0.15) is 25.8 Å². The van der Waals surface area contributed by atoms with Gasteiger partial charge < -0.3 is 15.1 Å². The third-order valence-corrected chi connectivity index (χ3v) is 3.82. The highest BCUT2D eigenvalue weighted by Crippen LogP contribution is 2.20. The second-order valence-electron chi connectivity index (χ2n) is 6.17. The van der Waals surface area contributed by atoms with Crippen LogP contribution in [-0.4, -0.2) is 49.7 Å². The number of nitrogens with one attached hydrogen (secondary N) is 1. The summed E-state index contributed by atoms with van der Waals surface area (Å²) in [6.07, 6.45) is 5.15. The largest absolute Gasteiger partial charge is 0.369 e. The predicted octanol–water partition coefficient (Wildman–Crippen LogP) is 1.97. The number of hydrogen-bond acceptors (Lipinski definition) is 4. The molecule has 2 rings (SSSR count). The highest BCUT2D eigenvalue weighted by molar-refractivity contribution is 5.51. The van der Waals surface area contributed by atoms with Crippen molar-refractivity contribution in [1.82, 2.24) is 15.2 Å². The summed E-state index contributed by atoms with van der Waals surface area (Å²) in [6.45, 7) is 11.0. The van der Waals surface area contributed by atoms with Crippen molar-refractivity contribution in [2.75, 3.05) is 44.7 Å². The van der Waals surface area contributed by atoms with Crippen LogP contribution in [0.15, 0.2) is 18.5 Å². The van der Waals surface area contributed by atoms with Crippen molar-refractivity contribution in [3.63, 3.8) is 0 Å². The van der Waals surface area contributed by atoms with E-state index in [0.29, 0.717) is 5.92 Å². The van der Waals surface area contributed by atoms with Gasteiger partial charge in [-0.2, -0.15) is 0 Å². The Morgan fingerprint density at radius 2 is 2.10 bits per heavy atom. The molecular formula is C16H28N4. The van der Waals surface area contributed by atoms with E-state index in [9.17, 15) is 0 Å². The van der Waals surface area contributed by atoms with Crippen molar-refractivity contribution < 1.29 is 0 Å². The Hall–Kier alpha value is -1.13. The summed E-state index contributed by atoms with van der Waals surface area (Å²) in [5, 5.41) is 3.54. The lowest BCUT2D eigenvalue weighted by atomic mass is 10.1. The van der Waals surface area contributed by atoms with Gasteiger partial charge in [0, 0.05) is 32.4 Å². The molecule has 0 radical (unpaired) electrons. The van der Waals surface area contributed by atoms with Gasteiger partial charge >= 0.3 is 0 Å². The van der Waals surface area contributed by atoms with E-state index in [1.54, 1.807) is 0 Å². The molecule has 0 atom stereocenters. The molecule has 0 bridgehead atoms. The molecule has 0 saturated carbocycles. The van der Waals surface area contributed by atoms with Gasteiger partial charge in [-0.3, -0.25) is 4.98 Å². The first-order valence-electron chi connectivity index (χ1n) is 7.74. The summed E-state index contributed by atoms with van der Waals surface area (Å²) in [4.78, 5) is 9.23. The lowest BCUT2D eigenvalue weighted by Crippen LogP contribution is -2.30. The molecule has 1 aromatic heterocycles. The molecule has 4 heteroatoms. The maximum absolute atomic E-state index is 4.33. The first-order valence-corrected chi connectivity index (χ1v) is 7.74. The summed E-state index contributed by atoms with van der Waals surface area (Å²) < 4.78 is 0. The van der Waals surface area contributed by atoms with Crippen molar-refractivity contribution >= 4 is 5.69 Å². The quantitative estimate of drug-likeness (QED) is 0.891. The van der Waals surface area contributed by atoms with Gasteiger partial charge in [-0.05, 0) is 44.1 Å². The molecule has 1 saturated heterocycles. The summed E-state index contributed by atoms with van der Waals surface area (Å²) in [7, 11) is 2.21. The molecule has 0 aliphatic carbocycles. The van der Waals surface area contributed by atoms with Gasteiger partial charge in [0.1, 0.15) is 0 Å². The number of nitrogens with zero attached hydrogens (tertiary/aromatic N) is 3. The van der Waals surface area contributed by atoms with E-state index in [1.165, 1.54) is 24.2 Å². The van der Waals surface area contributed by atoms with Crippen molar-refractivity contribution in [2.24, 2.45) is 5.92 Å². The third kappa shape index (κ3) is 4.46. The zero-order chi connectivity index (χ0) is 14.4. The minimum absolute atomic E-state index is 0.687. The monoisotopic (exact) mass is 276 g/mol. The molecule has 1 aromatic rings. The topological polar surface area (TPSA) is 31.4 Å². The van der Waals surface area contributed by atoms with Gasteiger partial charge in [0.2, 0.25) is 0 Å². The molecule has 4 nitrogen and oxygen atoms in total. The standard InChI is InChI=1S/C16H28N4/c1-14(2)11-18-12-15-5-6-17-13-16(15)20-8-4-7-19(3)9-10-20/h5-6,13-14,18H,4,7-12H2,1-3H3. The number of likely N-dealkylation sites (N-methyl/N-ethyl adjacent to an activating group) is 1. The zero-order valence-electron chi connectivity index (χ0n) is 13.1. The van der Waals surface area contributed by atoms with E-state index in [4.69, 9.17) is 0 Å². The number of anilines is 1. The Morgan fingerprint density at radius 1 is 1.25 bits per heavy atom. The Kier molecular flexibility index (Phi) is 5.80. The fraction of sp³-hybridized carbons (Fsp3) is 0.688.